The molecule has 1 aromatic rings. The number of hydrogen-bond donors (Lipinski definition) is 1. The second-order valence-corrected chi connectivity index (χ2v) is 3.70. The molecule has 0 saturated carbocycles. The Bertz CT molecular complexity index is 424. The normalized spacial score (nSPS) is 13.7. The number of rotatable bonds is 4. The summed E-state index contributed by atoms with van der Waals surface area (Å²) in [6, 6.07) is 5.06. The molecule has 0 radical (unpaired) electrons. The van der Waals surface area contributed by atoms with Crippen molar-refractivity contribution in [2.45, 2.75) is 19.1 Å². The number of benzene rings is 1. The molecular formula is C10H10ClN3O2. The Morgan fingerprint density at radius 3 is 2.50 bits per heavy atom. The fraction of sp³-hybridized carbons (Fsp3) is 0.300. The molecule has 0 fully saturated rings. The van der Waals surface area contributed by atoms with Gasteiger partial charge in [-0.3, -0.25) is 4.79 Å². The van der Waals surface area contributed by atoms with Crippen molar-refractivity contribution in [3.8, 4) is 0 Å². The third kappa shape index (κ3) is 2.97. The van der Waals surface area contributed by atoms with Crippen molar-refractivity contribution in [2.24, 2.45) is 5.11 Å². The van der Waals surface area contributed by atoms with E-state index < -0.39 is 17.9 Å². The van der Waals surface area contributed by atoms with E-state index in [2.05, 4.69) is 10.0 Å². The molecule has 5 nitrogen and oxygen atoms in total. The molecule has 0 amide bonds. The molecule has 84 valence electrons. The first-order chi connectivity index (χ1) is 7.56. The van der Waals surface area contributed by atoms with Crippen LogP contribution in [0, 0.1) is 0 Å². The molecule has 1 rings (SSSR count). The Morgan fingerprint density at radius 2 is 2.06 bits per heavy atom. The van der Waals surface area contributed by atoms with Crippen LogP contribution in [0.25, 0.3) is 10.4 Å². The molecule has 2 atom stereocenters. The van der Waals surface area contributed by atoms with E-state index in [0.29, 0.717) is 10.6 Å². The number of carbonyl (C=O) groups excluding carboxylic acids is 1. The Kier molecular flexibility index (Phi) is 4.31. The summed E-state index contributed by atoms with van der Waals surface area (Å²) in [4.78, 5) is 14.4. The van der Waals surface area contributed by atoms with Gasteiger partial charge in [-0.25, -0.2) is 0 Å². The number of hydrogen-bond acceptors (Lipinski definition) is 3. The van der Waals surface area contributed by atoms with Crippen LogP contribution < -0.4 is 0 Å². The average molecular weight is 240 g/mol. The molecule has 0 aromatic heterocycles. The van der Waals surface area contributed by atoms with Crippen LogP contribution in [-0.4, -0.2) is 23.0 Å². The minimum Gasteiger partial charge on any atom is -0.393 e. The monoisotopic (exact) mass is 239 g/mol. The fourth-order valence-electron chi connectivity index (χ4n) is 1.21. The molecule has 0 unspecified atom stereocenters. The van der Waals surface area contributed by atoms with E-state index in [1.54, 1.807) is 12.1 Å². The van der Waals surface area contributed by atoms with Gasteiger partial charge >= 0.3 is 0 Å². The highest BCUT2D eigenvalue weighted by molar-refractivity contribution is 6.30. The Morgan fingerprint density at radius 1 is 1.50 bits per heavy atom. The highest BCUT2D eigenvalue weighted by Crippen LogP contribution is 2.14. The number of ketones is 1. The highest BCUT2D eigenvalue weighted by Gasteiger charge is 2.23. The van der Waals surface area contributed by atoms with E-state index in [1.807, 2.05) is 0 Å². The molecule has 0 bridgehead atoms. The van der Waals surface area contributed by atoms with Crippen molar-refractivity contribution in [2.75, 3.05) is 0 Å². The van der Waals surface area contributed by atoms with E-state index in [1.165, 1.54) is 19.1 Å². The van der Waals surface area contributed by atoms with Gasteiger partial charge < -0.3 is 5.11 Å². The van der Waals surface area contributed by atoms with Crippen LogP contribution in [0.1, 0.15) is 17.3 Å². The Balaban J connectivity index is 2.99. The van der Waals surface area contributed by atoms with Gasteiger partial charge in [0, 0.05) is 15.5 Å². The number of aliphatic hydroxyl groups is 1. The molecule has 0 aliphatic carbocycles. The van der Waals surface area contributed by atoms with Crippen molar-refractivity contribution in [1.82, 2.24) is 0 Å². The quantitative estimate of drug-likeness (QED) is 0.379. The average Bonchev–Trinajstić information content (AvgIpc) is 2.25. The molecule has 16 heavy (non-hydrogen) atoms. The number of aliphatic hydroxyl groups excluding tert-OH is 1. The van der Waals surface area contributed by atoms with Crippen molar-refractivity contribution in [1.29, 1.82) is 0 Å². The molecule has 1 aromatic carbocycles. The van der Waals surface area contributed by atoms with Gasteiger partial charge in [0.2, 0.25) is 0 Å². The predicted octanol–water partition coefficient (Wildman–Crippen LogP) is 2.58. The van der Waals surface area contributed by atoms with E-state index >= 15 is 0 Å². The van der Waals surface area contributed by atoms with Crippen LogP contribution >= 0.6 is 11.6 Å². The van der Waals surface area contributed by atoms with Gasteiger partial charge in [0.1, 0.15) is 6.04 Å². The lowest BCUT2D eigenvalue weighted by molar-refractivity contribution is 0.0848. The summed E-state index contributed by atoms with van der Waals surface area (Å²) < 4.78 is 0. The molecule has 0 spiro atoms. The summed E-state index contributed by atoms with van der Waals surface area (Å²) in [5, 5.41) is 13.1. The summed E-state index contributed by atoms with van der Waals surface area (Å²) in [5.41, 5.74) is 8.65. The van der Waals surface area contributed by atoms with Crippen LogP contribution in [0.15, 0.2) is 29.4 Å². The Hall–Kier alpha value is -1.55. The summed E-state index contributed by atoms with van der Waals surface area (Å²) >= 11 is 5.68. The lowest BCUT2D eigenvalue weighted by Crippen LogP contribution is -2.29. The van der Waals surface area contributed by atoms with Gasteiger partial charge in [0.25, 0.3) is 0 Å². The maximum absolute atomic E-state index is 11.8. The maximum Gasteiger partial charge on any atom is 0.174 e. The molecule has 6 heteroatoms. The van der Waals surface area contributed by atoms with Gasteiger partial charge in [-0.15, -0.1) is 0 Å². The third-order valence-corrected chi connectivity index (χ3v) is 2.28. The number of carbonyl (C=O) groups is 1. The molecule has 0 saturated heterocycles. The second kappa shape index (κ2) is 5.51. The largest absolute Gasteiger partial charge is 0.393 e. The first kappa shape index (κ1) is 12.5. The van der Waals surface area contributed by atoms with Crippen LogP contribution in [-0.2, 0) is 0 Å². The first-order valence-electron chi connectivity index (χ1n) is 4.58. The van der Waals surface area contributed by atoms with Gasteiger partial charge in [-0.1, -0.05) is 16.7 Å². The Labute approximate surface area is 97.3 Å². The number of halogens is 1. The number of Topliss-reactive ketones (excluding diaryl/α,β-unsaturated/α-hetero) is 1. The van der Waals surface area contributed by atoms with Gasteiger partial charge in [-0.05, 0) is 36.7 Å². The fourth-order valence-corrected chi connectivity index (χ4v) is 1.33. The molecule has 0 heterocycles. The summed E-state index contributed by atoms with van der Waals surface area (Å²) in [6.07, 6.45) is -1.03. The second-order valence-electron chi connectivity index (χ2n) is 3.26. The summed E-state index contributed by atoms with van der Waals surface area (Å²) in [5.74, 6) is -0.426. The van der Waals surface area contributed by atoms with Crippen LogP contribution in [0.5, 0.6) is 0 Å². The van der Waals surface area contributed by atoms with E-state index in [9.17, 15) is 9.90 Å². The van der Waals surface area contributed by atoms with Crippen LogP contribution in [0.2, 0.25) is 5.02 Å². The number of azide groups is 1. The zero-order valence-electron chi connectivity index (χ0n) is 8.54. The SMILES string of the molecule is C[C@H](O)[C@@H](N=[N+]=[N-])C(=O)c1ccc(Cl)cc1. The molecular weight excluding hydrogens is 230 g/mol. The number of nitrogens with zero attached hydrogens (tertiary/aromatic N) is 3. The standard InChI is InChI=1S/C10H10ClN3O2/c1-6(15)9(13-14-12)10(16)7-2-4-8(11)5-3-7/h2-6,9,15H,1H3/t6-,9+/m0/s1. The lowest BCUT2D eigenvalue weighted by Gasteiger charge is -2.12. The zero-order chi connectivity index (χ0) is 12.1. The van der Waals surface area contributed by atoms with Gasteiger partial charge in [0.15, 0.2) is 5.78 Å². The van der Waals surface area contributed by atoms with Crippen LogP contribution in [0.4, 0.5) is 0 Å². The highest BCUT2D eigenvalue weighted by atomic mass is 35.5. The third-order valence-electron chi connectivity index (χ3n) is 2.03. The summed E-state index contributed by atoms with van der Waals surface area (Å²) in [6.45, 7) is 1.40. The van der Waals surface area contributed by atoms with Crippen molar-refractivity contribution in [3.05, 3.63) is 45.3 Å². The van der Waals surface area contributed by atoms with E-state index in [0.717, 1.165) is 0 Å². The van der Waals surface area contributed by atoms with Gasteiger partial charge in [-0.2, -0.15) is 0 Å². The zero-order valence-corrected chi connectivity index (χ0v) is 9.30. The maximum atomic E-state index is 11.8. The lowest BCUT2D eigenvalue weighted by atomic mass is 10.0. The van der Waals surface area contributed by atoms with Crippen molar-refractivity contribution >= 4 is 17.4 Å². The first-order valence-corrected chi connectivity index (χ1v) is 4.96. The topological polar surface area (TPSA) is 86.1 Å². The van der Waals surface area contributed by atoms with E-state index in [-0.39, 0.29) is 0 Å². The smallest absolute Gasteiger partial charge is 0.174 e. The van der Waals surface area contributed by atoms with Gasteiger partial charge in [0.05, 0.1) is 6.10 Å². The minimum absolute atomic E-state index is 0.350. The molecule has 0 aliphatic rings. The van der Waals surface area contributed by atoms with Crippen molar-refractivity contribution < 1.29 is 9.90 Å². The minimum atomic E-state index is -1.11. The summed E-state index contributed by atoms with van der Waals surface area (Å²) in [7, 11) is 0. The van der Waals surface area contributed by atoms with Crippen LogP contribution in [0.3, 0.4) is 0 Å². The predicted molar refractivity (Wildman–Crippen MR) is 60.4 cm³/mol. The van der Waals surface area contributed by atoms with E-state index in [4.69, 9.17) is 17.1 Å². The van der Waals surface area contributed by atoms with Crippen molar-refractivity contribution in [3.63, 3.8) is 0 Å². The molecule has 1 N–H and O–H groups in total. The molecule has 0 aliphatic heterocycles.